The number of likely N-dealkylation sites (tertiary alicyclic amines) is 1. The lowest BCUT2D eigenvalue weighted by Crippen LogP contribution is -2.37. The van der Waals surface area contributed by atoms with Crippen molar-refractivity contribution >= 4 is 17.5 Å². The first kappa shape index (κ1) is 28.4. The number of hydrogen-bond donors (Lipinski definition) is 1. The van der Waals surface area contributed by atoms with Crippen molar-refractivity contribution in [1.29, 1.82) is 0 Å². The lowest BCUT2D eigenvalue weighted by atomic mass is 10.1. The molecular formula is C25H21ClF5N7O3. The number of hydrogen-bond acceptors (Lipinski definition) is 6. The van der Waals surface area contributed by atoms with E-state index >= 15 is 0 Å². The Morgan fingerprint density at radius 1 is 1.10 bits per heavy atom. The zero-order chi connectivity index (χ0) is 29.5. The van der Waals surface area contributed by atoms with Crippen LogP contribution < -0.4 is 5.69 Å². The van der Waals surface area contributed by atoms with Crippen LogP contribution in [0.3, 0.4) is 0 Å². The van der Waals surface area contributed by atoms with Crippen molar-refractivity contribution in [3.63, 3.8) is 0 Å². The second-order valence-corrected chi connectivity index (χ2v) is 9.83. The first-order valence-electron chi connectivity index (χ1n) is 12.2. The van der Waals surface area contributed by atoms with Gasteiger partial charge in [-0.25, -0.2) is 27.9 Å². The highest BCUT2D eigenvalue weighted by atomic mass is 35.5. The number of aliphatic hydroxyl groups is 1. The molecule has 1 atom stereocenters. The number of carbonyl (C=O) groups excluding carboxylic acids is 1. The normalized spacial score (nSPS) is 15.8. The average Bonchev–Trinajstić information content (AvgIpc) is 3.62. The molecule has 0 radical (unpaired) electrons. The Bertz CT molecular complexity index is 1630. The summed E-state index contributed by atoms with van der Waals surface area (Å²) < 4.78 is 69.4. The number of halogens is 6. The minimum atomic E-state index is -4.98. The van der Waals surface area contributed by atoms with E-state index in [0.717, 1.165) is 9.58 Å². The number of para-hydroxylation sites is 1. The topological polar surface area (TPSA) is 111 Å². The van der Waals surface area contributed by atoms with Gasteiger partial charge in [0.25, 0.3) is 11.8 Å². The summed E-state index contributed by atoms with van der Waals surface area (Å²) in [7, 11) is 0. The van der Waals surface area contributed by atoms with Crippen LogP contribution in [0.4, 0.5) is 22.0 Å². The third kappa shape index (κ3) is 6.00. The zero-order valence-electron chi connectivity index (χ0n) is 21.0. The second-order valence-electron chi connectivity index (χ2n) is 9.39. The number of amides is 1. The van der Waals surface area contributed by atoms with Crippen LogP contribution in [0.25, 0.3) is 17.1 Å². The predicted octanol–water partition coefficient (Wildman–Crippen LogP) is 3.40. The van der Waals surface area contributed by atoms with Gasteiger partial charge in [0.1, 0.15) is 12.9 Å². The molecule has 3 heterocycles. The highest BCUT2D eigenvalue weighted by Gasteiger charge is 2.41. The van der Waals surface area contributed by atoms with Crippen LogP contribution in [0.1, 0.15) is 22.6 Å². The molecule has 4 aromatic rings. The lowest BCUT2D eigenvalue weighted by Gasteiger charge is -2.18. The third-order valence-corrected chi connectivity index (χ3v) is 6.68. The Hall–Kier alpha value is -4.11. The Balaban J connectivity index is 1.45. The van der Waals surface area contributed by atoms with Gasteiger partial charge in [0, 0.05) is 23.6 Å². The van der Waals surface area contributed by atoms with Crippen molar-refractivity contribution < 1.29 is 31.9 Å². The van der Waals surface area contributed by atoms with Crippen LogP contribution in [-0.4, -0.2) is 76.3 Å². The van der Waals surface area contributed by atoms with Gasteiger partial charge in [-0.1, -0.05) is 23.7 Å². The Morgan fingerprint density at radius 2 is 1.80 bits per heavy atom. The maximum atomic E-state index is 13.7. The van der Waals surface area contributed by atoms with Gasteiger partial charge < -0.3 is 10.0 Å². The van der Waals surface area contributed by atoms with Gasteiger partial charge in [0.15, 0.2) is 17.8 Å². The van der Waals surface area contributed by atoms with Crippen LogP contribution in [-0.2, 0) is 13.1 Å². The summed E-state index contributed by atoms with van der Waals surface area (Å²) in [5, 5.41) is 18.4. The van der Waals surface area contributed by atoms with Crippen molar-refractivity contribution in [1.82, 2.24) is 34.0 Å². The fourth-order valence-corrected chi connectivity index (χ4v) is 4.48. The standard InChI is InChI=1S/C25H21ClF5N7O3/c26-16-7-5-15(6-8-16)21-34-37(23(41)36(21)11-19(39)25(29,30)31)12-20-32-14-38(33-20)18-4-2-1-3-17(18)22(40)35-10-9-24(27,28)13-35/h1-8,14,19,39H,9-13H2. The van der Waals surface area contributed by atoms with Crippen molar-refractivity contribution in [2.45, 2.75) is 37.7 Å². The Morgan fingerprint density at radius 3 is 2.46 bits per heavy atom. The summed E-state index contributed by atoms with van der Waals surface area (Å²) in [6.07, 6.45) is -7.00. The molecule has 1 aliphatic rings. The largest absolute Gasteiger partial charge is 0.416 e. The fraction of sp³-hybridized carbons (Fsp3) is 0.320. The van der Waals surface area contributed by atoms with E-state index in [-0.39, 0.29) is 41.6 Å². The van der Waals surface area contributed by atoms with Crippen LogP contribution in [0.2, 0.25) is 5.02 Å². The molecule has 0 saturated carbocycles. The van der Waals surface area contributed by atoms with Crippen molar-refractivity contribution in [3.05, 3.63) is 81.8 Å². The van der Waals surface area contributed by atoms with Crippen LogP contribution >= 0.6 is 11.6 Å². The van der Waals surface area contributed by atoms with Crippen LogP contribution in [0.5, 0.6) is 0 Å². The molecule has 0 bridgehead atoms. The molecule has 1 saturated heterocycles. The summed E-state index contributed by atoms with van der Waals surface area (Å²) in [4.78, 5) is 31.3. The molecule has 16 heteroatoms. The molecule has 41 heavy (non-hydrogen) atoms. The van der Waals surface area contributed by atoms with E-state index in [0.29, 0.717) is 9.59 Å². The third-order valence-electron chi connectivity index (χ3n) is 6.43. The van der Waals surface area contributed by atoms with Gasteiger partial charge >= 0.3 is 11.9 Å². The van der Waals surface area contributed by atoms with E-state index in [1.54, 1.807) is 12.1 Å². The average molecular weight is 598 g/mol. The molecule has 1 N–H and O–H groups in total. The minimum absolute atomic E-state index is 0.0192. The quantitative estimate of drug-likeness (QED) is 0.327. The van der Waals surface area contributed by atoms with Crippen LogP contribution in [0.15, 0.2) is 59.7 Å². The summed E-state index contributed by atoms with van der Waals surface area (Å²) in [6.45, 7) is -2.27. The Labute approximate surface area is 233 Å². The van der Waals surface area contributed by atoms with E-state index in [2.05, 4.69) is 15.2 Å². The first-order valence-corrected chi connectivity index (χ1v) is 12.6. The van der Waals surface area contributed by atoms with Crippen molar-refractivity contribution in [2.75, 3.05) is 13.1 Å². The summed E-state index contributed by atoms with van der Waals surface area (Å²) >= 11 is 5.90. The van der Waals surface area contributed by atoms with Gasteiger partial charge in [0.05, 0.1) is 24.3 Å². The second kappa shape index (κ2) is 10.7. The van der Waals surface area contributed by atoms with E-state index < -0.39 is 49.3 Å². The van der Waals surface area contributed by atoms with E-state index in [4.69, 9.17) is 11.6 Å². The van der Waals surface area contributed by atoms with Gasteiger partial charge in [-0.05, 0) is 36.4 Å². The van der Waals surface area contributed by atoms with Gasteiger partial charge in [-0.15, -0.1) is 10.2 Å². The van der Waals surface area contributed by atoms with E-state index in [1.807, 2.05) is 0 Å². The molecule has 0 spiro atoms. The molecule has 2 aromatic heterocycles. The molecular weight excluding hydrogens is 577 g/mol. The Kier molecular flexibility index (Phi) is 7.42. The number of benzene rings is 2. The number of alkyl halides is 5. The number of rotatable bonds is 7. The lowest BCUT2D eigenvalue weighted by molar-refractivity contribution is -0.207. The van der Waals surface area contributed by atoms with E-state index in [1.165, 1.54) is 47.4 Å². The summed E-state index contributed by atoms with van der Waals surface area (Å²) in [5.74, 6) is -3.71. The molecule has 1 fully saturated rings. The molecule has 1 aliphatic heterocycles. The fourth-order valence-electron chi connectivity index (χ4n) is 4.35. The maximum Gasteiger partial charge on any atom is 0.416 e. The molecule has 5 rings (SSSR count). The zero-order valence-corrected chi connectivity index (χ0v) is 21.7. The number of carbonyl (C=O) groups is 1. The maximum absolute atomic E-state index is 13.7. The van der Waals surface area contributed by atoms with Gasteiger partial charge in [-0.2, -0.15) is 13.2 Å². The van der Waals surface area contributed by atoms with Crippen molar-refractivity contribution in [2.24, 2.45) is 0 Å². The first-order chi connectivity index (χ1) is 19.3. The molecule has 2 aromatic carbocycles. The van der Waals surface area contributed by atoms with Crippen LogP contribution in [0, 0.1) is 0 Å². The smallest absolute Gasteiger partial charge is 0.382 e. The van der Waals surface area contributed by atoms with Gasteiger partial charge in [-0.3, -0.25) is 9.36 Å². The molecule has 0 aliphatic carbocycles. The highest BCUT2D eigenvalue weighted by Crippen LogP contribution is 2.29. The highest BCUT2D eigenvalue weighted by molar-refractivity contribution is 6.30. The summed E-state index contributed by atoms with van der Waals surface area (Å²) in [6, 6.07) is 12.0. The number of aliphatic hydroxyl groups excluding tert-OH is 1. The summed E-state index contributed by atoms with van der Waals surface area (Å²) in [5.41, 5.74) is -0.327. The number of nitrogens with zero attached hydrogens (tertiary/aromatic N) is 7. The SMILES string of the molecule is O=C(c1ccccc1-n1cnc(Cn2nc(-c3ccc(Cl)cc3)n(CC(O)C(F)(F)F)c2=O)n1)N1CCC(F)(F)C1. The molecule has 1 amide bonds. The molecule has 216 valence electrons. The molecule has 10 nitrogen and oxygen atoms in total. The predicted molar refractivity (Wildman–Crippen MR) is 135 cm³/mol. The minimum Gasteiger partial charge on any atom is -0.382 e. The number of aromatic nitrogens is 6. The monoisotopic (exact) mass is 597 g/mol. The van der Waals surface area contributed by atoms with E-state index in [9.17, 15) is 36.6 Å². The van der Waals surface area contributed by atoms with Gasteiger partial charge in [0.2, 0.25) is 0 Å². The molecule has 1 unspecified atom stereocenters. The van der Waals surface area contributed by atoms with Crippen molar-refractivity contribution in [3.8, 4) is 17.1 Å².